The minimum absolute atomic E-state index is 0.00980. The average molecular weight is 464 g/mol. The highest BCUT2D eigenvalue weighted by atomic mass is 35.5. The molecule has 0 aliphatic heterocycles. The summed E-state index contributed by atoms with van der Waals surface area (Å²) in [5.74, 6) is -0.319. The van der Waals surface area contributed by atoms with Crippen LogP contribution in [0.2, 0.25) is 5.02 Å². The quantitative estimate of drug-likeness (QED) is 0.513. The summed E-state index contributed by atoms with van der Waals surface area (Å²) in [7, 11) is -3.48. The lowest BCUT2D eigenvalue weighted by molar-refractivity contribution is 0.101. The van der Waals surface area contributed by atoms with Crippen LogP contribution in [0.4, 0.5) is 5.69 Å². The number of ether oxygens (including phenoxy) is 1. The molecule has 31 heavy (non-hydrogen) atoms. The molecule has 0 radical (unpaired) electrons. The lowest BCUT2D eigenvalue weighted by atomic mass is 10.1. The molecule has 0 saturated heterocycles. The predicted octanol–water partition coefficient (Wildman–Crippen LogP) is 3.94. The Labute approximate surface area is 185 Å². The van der Waals surface area contributed by atoms with E-state index >= 15 is 0 Å². The minimum Gasteiger partial charge on any atom is -0.506 e. The van der Waals surface area contributed by atoms with Gasteiger partial charge in [0.15, 0.2) is 22.3 Å². The summed E-state index contributed by atoms with van der Waals surface area (Å²) in [6, 6.07) is 8.84. The fourth-order valence-electron chi connectivity index (χ4n) is 2.85. The highest BCUT2D eigenvalue weighted by Crippen LogP contribution is 2.28. The Bertz CT molecular complexity index is 1210. The molecule has 1 heterocycles. The molecule has 0 spiro atoms. The topological polar surface area (TPSA) is 111 Å². The Balaban J connectivity index is 1.70. The number of amides is 1. The van der Waals surface area contributed by atoms with Crippen molar-refractivity contribution in [3.63, 3.8) is 0 Å². The number of nitrogens with one attached hydrogen (secondary N) is 1. The van der Waals surface area contributed by atoms with E-state index in [0.29, 0.717) is 10.8 Å². The molecule has 3 aromatic rings. The Kier molecular flexibility index (Phi) is 6.56. The highest BCUT2D eigenvalue weighted by Gasteiger charge is 2.17. The third kappa shape index (κ3) is 5.18. The van der Waals surface area contributed by atoms with Crippen LogP contribution in [0.15, 0.2) is 47.5 Å². The van der Waals surface area contributed by atoms with Gasteiger partial charge in [0.05, 0.1) is 16.3 Å². The Morgan fingerprint density at radius 3 is 2.52 bits per heavy atom. The number of sulfone groups is 1. The number of aryl methyl sites for hydroxylation is 2. The van der Waals surface area contributed by atoms with Crippen LogP contribution >= 0.6 is 11.6 Å². The number of carbonyl (C=O) groups excluding carboxylic acids is 1. The van der Waals surface area contributed by atoms with Crippen molar-refractivity contribution in [3.05, 3.63) is 64.4 Å². The molecule has 10 heteroatoms. The van der Waals surface area contributed by atoms with E-state index in [1.54, 1.807) is 6.20 Å². The van der Waals surface area contributed by atoms with Crippen molar-refractivity contribution in [2.75, 3.05) is 11.1 Å². The van der Waals surface area contributed by atoms with Gasteiger partial charge in [0.2, 0.25) is 0 Å². The van der Waals surface area contributed by atoms with Crippen LogP contribution in [0.3, 0.4) is 0 Å². The van der Waals surface area contributed by atoms with Crippen molar-refractivity contribution in [1.82, 2.24) is 9.78 Å². The first-order valence-corrected chi connectivity index (χ1v) is 11.4. The molecule has 0 aliphatic rings. The molecule has 0 saturated carbocycles. The molecular weight excluding hydrogens is 442 g/mol. The molecule has 8 nitrogen and oxygen atoms in total. The van der Waals surface area contributed by atoms with Gasteiger partial charge in [-0.2, -0.15) is 5.10 Å². The number of rotatable bonds is 7. The number of anilines is 1. The van der Waals surface area contributed by atoms with E-state index in [1.807, 2.05) is 26.0 Å². The monoisotopic (exact) mass is 463 g/mol. The summed E-state index contributed by atoms with van der Waals surface area (Å²) in [5, 5.41) is 17.3. The van der Waals surface area contributed by atoms with Gasteiger partial charge in [-0.15, -0.1) is 0 Å². The van der Waals surface area contributed by atoms with Gasteiger partial charge in [-0.1, -0.05) is 18.5 Å². The molecule has 0 atom stereocenters. The average Bonchev–Trinajstić information content (AvgIpc) is 3.21. The summed E-state index contributed by atoms with van der Waals surface area (Å²) < 4.78 is 31.2. The van der Waals surface area contributed by atoms with Crippen LogP contribution in [0.5, 0.6) is 11.5 Å². The number of phenols is 1. The van der Waals surface area contributed by atoms with E-state index in [9.17, 15) is 18.3 Å². The molecule has 3 rings (SSSR count). The van der Waals surface area contributed by atoms with Crippen LogP contribution in [0, 0.1) is 13.8 Å². The SMILES string of the molecule is CCS(=O)(=O)c1ccc(O)c(NC(=O)c2ccn(COc3cc(C)c(Cl)c(C)c3)n2)c1. The normalized spacial score (nSPS) is 11.4. The van der Waals surface area contributed by atoms with Gasteiger partial charge in [0, 0.05) is 11.2 Å². The van der Waals surface area contributed by atoms with E-state index in [2.05, 4.69) is 10.4 Å². The van der Waals surface area contributed by atoms with Crippen LogP contribution in [-0.2, 0) is 16.6 Å². The van der Waals surface area contributed by atoms with Gasteiger partial charge < -0.3 is 15.2 Å². The summed E-state index contributed by atoms with van der Waals surface area (Å²) in [6.07, 6.45) is 1.57. The van der Waals surface area contributed by atoms with Gasteiger partial charge in [0.25, 0.3) is 5.91 Å². The molecule has 1 amide bonds. The van der Waals surface area contributed by atoms with Gasteiger partial charge in [-0.05, 0) is 61.4 Å². The lowest BCUT2D eigenvalue weighted by Gasteiger charge is -2.10. The van der Waals surface area contributed by atoms with Crippen molar-refractivity contribution in [1.29, 1.82) is 0 Å². The van der Waals surface area contributed by atoms with E-state index in [-0.39, 0.29) is 34.5 Å². The third-order valence-electron chi connectivity index (χ3n) is 4.60. The fraction of sp³-hybridized carbons (Fsp3) is 0.238. The van der Waals surface area contributed by atoms with Crippen molar-refractivity contribution in [2.45, 2.75) is 32.4 Å². The predicted molar refractivity (Wildman–Crippen MR) is 118 cm³/mol. The van der Waals surface area contributed by atoms with Gasteiger partial charge >= 0.3 is 0 Å². The summed E-state index contributed by atoms with van der Waals surface area (Å²) in [5.41, 5.74) is 1.85. The lowest BCUT2D eigenvalue weighted by Crippen LogP contribution is -2.15. The van der Waals surface area contributed by atoms with Crippen molar-refractivity contribution < 1.29 is 23.1 Å². The Hall–Kier alpha value is -3.04. The molecule has 0 bridgehead atoms. The maximum atomic E-state index is 12.5. The van der Waals surface area contributed by atoms with Crippen molar-refractivity contribution >= 4 is 33.0 Å². The molecule has 164 valence electrons. The molecule has 1 aromatic heterocycles. The number of halogens is 1. The second-order valence-corrected chi connectivity index (χ2v) is 9.58. The number of aromatic nitrogens is 2. The number of benzene rings is 2. The second kappa shape index (κ2) is 8.99. The van der Waals surface area contributed by atoms with Gasteiger partial charge in [-0.3, -0.25) is 4.79 Å². The van der Waals surface area contributed by atoms with Crippen LogP contribution in [0.1, 0.15) is 28.5 Å². The first kappa shape index (κ1) is 22.6. The standard InChI is InChI=1S/C21H22ClN3O5S/c1-4-31(28,29)16-5-6-19(26)18(11-16)23-21(27)17-7-8-25(24-17)12-30-15-9-13(2)20(22)14(3)10-15/h5-11,26H,4,12H2,1-3H3,(H,23,27). The number of aromatic hydroxyl groups is 1. The number of carbonyl (C=O) groups is 1. The maximum Gasteiger partial charge on any atom is 0.276 e. The maximum absolute atomic E-state index is 12.5. The third-order valence-corrected chi connectivity index (χ3v) is 6.93. The van der Waals surface area contributed by atoms with E-state index in [0.717, 1.165) is 11.1 Å². The Morgan fingerprint density at radius 1 is 1.19 bits per heavy atom. The Morgan fingerprint density at radius 2 is 1.87 bits per heavy atom. The first-order valence-electron chi connectivity index (χ1n) is 9.41. The van der Waals surface area contributed by atoms with Crippen LogP contribution in [-0.4, -0.2) is 35.0 Å². The van der Waals surface area contributed by atoms with Crippen LogP contribution in [0.25, 0.3) is 0 Å². The minimum atomic E-state index is -3.48. The number of nitrogens with zero attached hydrogens (tertiary/aromatic N) is 2. The van der Waals surface area contributed by atoms with Crippen molar-refractivity contribution in [3.8, 4) is 11.5 Å². The summed E-state index contributed by atoms with van der Waals surface area (Å²) in [4.78, 5) is 12.5. The number of hydrogen-bond acceptors (Lipinski definition) is 6. The first-order chi connectivity index (χ1) is 14.6. The summed E-state index contributed by atoms with van der Waals surface area (Å²) >= 11 is 6.16. The fourth-order valence-corrected chi connectivity index (χ4v) is 3.86. The molecule has 0 aliphatic carbocycles. The zero-order valence-electron chi connectivity index (χ0n) is 17.2. The van der Waals surface area contributed by atoms with E-state index in [1.165, 1.54) is 35.9 Å². The van der Waals surface area contributed by atoms with E-state index < -0.39 is 15.7 Å². The summed E-state index contributed by atoms with van der Waals surface area (Å²) in [6.45, 7) is 5.36. The zero-order chi connectivity index (χ0) is 22.8. The van der Waals surface area contributed by atoms with E-state index in [4.69, 9.17) is 16.3 Å². The number of hydrogen-bond donors (Lipinski definition) is 2. The largest absolute Gasteiger partial charge is 0.506 e. The highest BCUT2D eigenvalue weighted by molar-refractivity contribution is 7.91. The molecule has 0 unspecified atom stereocenters. The van der Waals surface area contributed by atoms with Gasteiger partial charge in [0.1, 0.15) is 11.5 Å². The van der Waals surface area contributed by atoms with Crippen molar-refractivity contribution in [2.24, 2.45) is 0 Å². The molecule has 0 fully saturated rings. The molecule has 2 N–H and O–H groups in total. The van der Waals surface area contributed by atoms with Gasteiger partial charge in [-0.25, -0.2) is 13.1 Å². The molecule has 2 aromatic carbocycles. The number of phenolic OH excluding ortho intramolecular Hbond substituents is 1. The smallest absolute Gasteiger partial charge is 0.276 e. The zero-order valence-corrected chi connectivity index (χ0v) is 18.8. The molecular formula is C21H22ClN3O5S. The second-order valence-electron chi connectivity index (χ2n) is 6.92. The van der Waals surface area contributed by atoms with Crippen LogP contribution < -0.4 is 10.1 Å².